The van der Waals surface area contributed by atoms with Crippen molar-refractivity contribution in [1.29, 1.82) is 0 Å². The zero-order valence-corrected chi connectivity index (χ0v) is 11.3. The van der Waals surface area contributed by atoms with Crippen LogP contribution in [0.5, 0.6) is 0 Å². The second kappa shape index (κ2) is 10.9. The Hall–Kier alpha value is -1.18. The molecular weight excluding hydrogens is 258 g/mol. The van der Waals surface area contributed by atoms with E-state index in [4.69, 9.17) is 4.74 Å². The molecule has 0 radical (unpaired) electrons. The van der Waals surface area contributed by atoms with E-state index in [0.29, 0.717) is 26.1 Å². The molecule has 0 atom stereocenters. The number of rotatable bonds is 9. The minimum absolute atomic E-state index is 0. The third kappa shape index (κ3) is 7.99. The molecule has 2 N–H and O–H groups in total. The number of hydrogen-bond donors (Lipinski definition) is 2. The smallest absolute Gasteiger partial charge is 0.221 e. The van der Waals surface area contributed by atoms with E-state index in [1.807, 2.05) is 0 Å². The van der Waals surface area contributed by atoms with Crippen LogP contribution in [0.2, 0.25) is 0 Å². The second-order valence-corrected chi connectivity index (χ2v) is 3.51. The number of aryl methyl sites for hydroxylation is 1. The zero-order valence-electron chi connectivity index (χ0n) is 10.5. The summed E-state index contributed by atoms with van der Waals surface area (Å²) in [5.41, 5.74) is 0. The summed E-state index contributed by atoms with van der Waals surface area (Å²) < 4.78 is 6.52. The molecule has 0 aliphatic carbocycles. The highest BCUT2D eigenvalue weighted by molar-refractivity contribution is 5.85. The number of hydrogen-bond acceptors (Lipinski definition) is 5. The third-order valence-electron chi connectivity index (χ3n) is 2.15. The Morgan fingerprint density at radius 3 is 2.89 bits per heavy atom. The maximum Gasteiger partial charge on any atom is 0.221 e. The Morgan fingerprint density at radius 2 is 2.22 bits per heavy atom. The van der Waals surface area contributed by atoms with Gasteiger partial charge in [0.25, 0.3) is 0 Å². The molecule has 18 heavy (non-hydrogen) atoms. The monoisotopic (exact) mass is 277 g/mol. The van der Waals surface area contributed by atoms with Gasteiger partial charge in [0.15, 0.2) is 0 Å². The first-order valence-corrected chi connectivity index (χ1v) is 5.63. The van der Waals surface area contributed by atoms with Gasteiger partial charge >= 0.3 is 0 Å². The summed E-state index contributed by atoms with van der Waals surface area (Å²) in [6.45, 7) is 3.41. The van der Waals surface area contributed by atoms with E-state index in [1.54, 1.807) is 24.2 Å². The van der Waals surface area contributed by atoms with Gasteiger partial charge in [0.1, 0.15) is 0 Å². The van der Waals surface area contributed by atoms with Crippen LogP contribution in [0.3, 0.4) is 0 Å². The number of nitrogens with one attached hydrogen (secondary N) is 2. The summed E-state index contributed by atoms with van der Waals surface area (Å²) in [6.07, 6.45) is 3.75. The number of methoxy groups -OCH3 is 1. The fourth-order valence-electron chi connectivity index (χ4n) is 1.25. The molecule has 0 aromatic carbocycles. The molecule has 1 rings (SSSR count). The lowest BCUT2D eigenvalue weighted by Gasteiger charge is -2.06. The standard InChI is InChI=1S/C10H19N5O2.ClH/c1-17-9-6-11-3-4-12-10(16)2-7-15-8-5-13-14-15;/h5,8,11H,2-4,6-7,9H2,1H3,(H,12,16);1H. The molecule has 0 saturated carbocycles. The number of carbonyl (C=O) groups excluding carboxylic acids is 1. The first-order chi connectivity index (χ1) is 8.33. The predicted molar refractivity (Wildman–Crippen MR) is 69.6 cm³/mol. The summed E-state index contributed by atoms with van der Waals surface area (Å²) in [6, 6.07) is 0. The molecule has 0 bridgehead atoms. The Labute approximate surface area is 113 Å². The van der Waals surface area contributed by atoms with Crippen molar-refractivity contribution in [2.75, 3.05) is 33.4 Å². The molecule has 0 unspecified atom stereocenters. The van der Waals surface area contributed by atoms with Crippen LogP contribution in [0.1, 0.15) is 6.42 Å². The van der Waals surface area contributed by atoms with Crippen LogP contribution in [-0.2, 0) is 16.1 Å². The number of carbonyl (C=O) groups is 1. The van der Waals surface area contributed by atoms with Crippen molar-refractivity contribution in [3.05, 3.63) is 12.4 Å². The number of ether oxygens (including phenoxy) is 1. The predicted octanol–water partition coefficient (Wildman–Crippen LogP) is -0.558. The van der Waals surface area contributed by atoms with Crippen LogP contribution in [0.25, 0.3) is 0 Å². The maximum absolute atomic E-state index is 11.4. The van der Waals surface area contributed by atoms with E-state index in [2.05, 4.69) is 20.9 Å². The van der Waals surface area contributed by atoms with E-state index in [0.717, 1.165) is 13.1 Å². The Balaban J connectivity index is 0.00000289. The van der Waals surface area contributed by atoms with Gasteiger partial charge in [-0.1, -0.05) is 5.21 Å². The molecular formula is C10H20ClN5O2. The normalized spacial score (nSPS) is 9.83. The van der Waals surface area contributed by atoms with Gasteiger partial charge in [0.05, 0.1) is 19.3 Å². The fourth-order valence-corrected chi connectivity index (χ4v) is 1.25. The fraction of sp³-hybridized carbons (Fsp3) is 0.700. The van der Waals surface area contributed by atoms with Crippen molar-refractivity contribution in [2.45, 2.75) is 13.0 Å². The molecule has 0 spiro atoms. The average molecular weight is 278 g/mol. The lowest BCUT2D eigenvalue weighted by atomic mass is 10.4. The van der Waals surface area contributed by atoms with E-state index in [-0.39, 0.29) is 18.3 Å². The van der Waals surface area contributed by atoms with Gasteiger partial charge in [0.2, 0.25) is 5.91 Å². The number of aromatic nitrogens is 3. The number of amides is 1. The van der Waals surface area contributed by atoms with Crippen LogP contribution in [0, 0.1) is 0 Å². The summed E-state index contributed by atoms with van der Waals surface area (Å²) >= 11 is 0. The molecule has 1 heterocycles. The largest absolute Gasteiger partial charge is 0.383 e. The van der Waals surface area contributed by atoms with Crippen LogP contribution in [0.15, 0.2) is 12.4 Å². The van der Waals surface area contributed by atoms with Crippen molar-refractivity contribution in [3.8, 4) is 0 Å². The van der Waals surface area contributed by atoms with E-state index in [1.165, 1.54) is 0 Å². The van der Waals surface area contributed by atoms with Gasteiger partial charge in [-0.15, -0.1) is 17.5 Å². The highest BCUT2D eigenvalue weighted by atomic mass is 35.5. The minimum Gasteiger partial charge on any atom is -0.383 e. The lowest BCUT2D eigenvalue weighted by Crippen LogP contribution is -2.33. The van der Waals surface area contributed by atoms with Crippen molar-refractivity contribution in [2.24, 2.45) is 0 Å². The molecule has 1 aromatic heterocycles. The molecule has 0 aliphatic heterocycles. The van der Waals surface area contributed by atoms with Gasteiger partial charge in [-0.25, -0.2) is 0 Å². The van der Waals surface area contributed by atoms with Crippen LogP contribution < -0.4 is 10.6 Å². The minimum atomic E-state index is 0. The van der Waals surface area contributed by atoms with Gasteiger partial charge in [0, 0.05) is 39.4 Å². The molecule has 8 heteroatoms. The Morgan fingerprint density at radius 1 is 1.39 bits per heavy atom. The molecule has 1 amide bonds. The maximum atomic E-state index is 11.4. The average Bonchev–Trinajstić information content (AvgIpc) is 2.84. The first kappa shape index (κ1) is 16.8. The summed E-state index contributed by atoms with van der Waals surface area (Å²) in [7, 11) is 1.66. The molecule has 1 aromatic rings. The number of halogens is 1. The van der Waals surface area contributed by atoms with Crippen molar-refractivity contribution >= 4 is 18.3 Å². The van der Waals surface area contributed by atoms with Crippen molar-refractivity contribution < 1.29 is 9.53 Å². The van der Waals surface area contributed by atoms with E-state index < -0.39 is 0 Å². The van der Waals surface area contributed by atoms with Gasteiger partial charge < -0.3 is 15.4 Å². The van der Waals surface area contributed by atoms with Gasteiger partial charge in [-0.2, -0.15) is 0 Å². The van der Waals surface area contributed by atoms with Gasteiger partial charge in [-0.05, 0) is 0 Å². The number of nitrogens with zero attached hydrogens (tertiary/aromatic N) is 3. The molecule has 0 fully saturated rings. The Kier molecular flexibility index (Phi) is 10.2. The van der Waals surface area contributed by atoms with E-state index in [9.17, 15) is 4.79 Å². The zero-order chi connectivity index (χ0) is 12.3. The van der Waals surface area contributed by atoms with Crippen molar-refractivity contribution in [3.63, 3.8) is 0 Å². The molecule has 7 nitrogen and oxygen atoms in total. The highest BCUT2D eigenvalue weighted by Crippen LogP contribution is 1.86. The Bertz CT molecular complexity index is 307. The first-order valence-electron chi connectivity index (χ1n) is 5.63. The second-order valence-electron chi connectivity index (χ2n) is 3.51. The molecule has 104 valence electrons. The van der Waals surface area contributed by atoms with Crippen LogP contribution in [0.4, 0.5) is 0 Å². The topological polar surface area (TPSA) is 81.1 Å². The lowest BCUT2D eigenvalue weighted by molar-refractivity contribution is -0.121. The van der Waals surface area contributed by atoms with Crippen LogP contribution >= 0.6 is 12.4 Å². The molecule has 0 saturated heterocycles. The SMILES string of the molecule is COCCNCCNC(=O)CCn1ccnn1.Cl. The quantitative estimate of drug-likeness (QED) is 0.592. The van der Waals surface area contributed by atoms with Crippen LogP contribution in [-0.4, -0.2) is 54.3 Å². The summed E-state index contributed by atoms with van der Waals surface area (Å²) in [4.78, 5) is 11.4. The highest BCUT2D eigenvalue weighted by Gasteiger charge is 2.01. The van der Waals surface area contributed by atoms with E-state index >= 15 is 0 Å². The summed E-state index contributed by atoms with van der Waals surface area (Å²) in [5, 5.41) is 13.4. The summed E-state index contributed by atoms with van der Waals surface area (Å²) in [5.74, 6) is 0.0223. The molecule has 0 aliphatic rings. The third-order valence-corrected chi connectivity index (χ3v) is 2.15. The van der Waals surface area contributed by atoms with Gasteiger partial charge in [-0.3, -0.25) is 9.48 Å². The van der Waals surface area contributed by atoms with Crippen molar-refractivity contribution in [1.82, 2.24) is 25.6 Å².